The van der Waals surface area contributed by atoms with Crippen LogP contribution in [0.2, 0.25) is 5.02 Å². The first-order valence-electron chi connectivity index (χ1n) is 5.47. The Morgan fingerprint density at radius 3 is 2.94 bits per heavy atom. The third kappa shape index (κ3) is 2.18. The standard InChI is InChI=1S/C13H15ClN2/c1-9-8-10(4-3-7-15)16-13-11(9)5-2-6-12(13)14/h2,5-6,8H,3-4,7,15H2,1H3. The maximum absolute atomic E-state index is 6.15. The maximum atomic E-state index is 6.15. The first-order chi connectivity index (χ1) is 7.72. The largest absolute Gasteiger partial charge is 0.330 e. The van der Waals surface area contributed by atoms with Crippen LogP contribution in [0.15, 0.2) is 24.3 Å². The molecular weight excluding hydrogens is 220 g/mol. The summed E-state index contributed by atoms with van der Waals surface area (Å²) in [6.45, 7) is 2.79. The maximum Gasteiger partial charge on any atom is 0.0894 e. The van der Waals surface area contributed by atoms with E-state index in [1.807, 2.05) is 12.1 Å². The van der Waals surface area contributed by atoms with Crippen LogP contribution < -0.4 is 5.73 Å². The molecule has 2 N–H and O–H groups in total. The molecule has 1 aromatic carbocycles. The molecular formula is C13H15ClN2. The normalized spacial score (nSPS) is 10.9. The van der Waals surface area contributed by atoms with Gasteiger partial charge in [0, 0.05) is 11.1 Å². The molecule has 2 rings (SSSR count). The van der Waals surface area contributed by atoms with Gasteiger partial charge < -0.3 is 5.73 Å². The fourth-order valence-corrected chi connectivity index (χ4v) is 2.08. The number of rotatable bonds is 3. The molecule has 0 spiro atoms. The van der Waals surface area contributed by atoms with E-state index in [0.29, 0.717) is 6.54 Å². The first kappa shape index (κ1) is 11.4. The Balaban J connectivity index is 2.52. The van der Waals surface area contributed by atoms with Crippen molar-refractivity contribution >= 4 is 22.5 Å². The topological polar surface area (TPSA) is 38.9 Å². The van der Waals surface area contributed by atoms with Gasteiger partial charge in [-0.3, -0.25) is 4.98 Å². The number of hydrogen-bond acceptors (Lipinski definition) is 2. The molecule has 0 saturated carbocycles. The van der Waals surface area contributed by atoms with E-state index >= 15 is 0 Å². The van der Waals surface area contributed by atoms with Crippen LogP contribution in [0.1, 0.15) is 17.7 Å². The highest BCUT2D eigenvalue weighted by atomic mass is 35.5. The third-order valence-corrected chi connectivity index (χ3v) is 2.99. The smallest absolute Gasteiger partial charge is 0.0894 e. The third-order valence-electron chi connectivity index (χ3n) is 2.69. The molecule has 84 valence electrons. The lowest BCUT2D eigenvalue weighted by molar-refractivity contribution is 0.813. The van der Waals surface area contributed by atoms with E-state index in [2.05, 4.69) is 24.0 Å². The lowest BCUT2D eigenvalue weighted by Crippen LogP contribution is -2.02. The van der Waals surface area contributed by atoms with Crippen LogP contribution in [0.4, 0.5) is 0 Å². The zero-order valence-corrected chi connectivity index (χ0v) is 10.1. The van der Waals surface area contributed by atoms with Gasteiger partial charge in [-0.1, -0.05) is 23.7 Å². The molecule has 0 radical (unpaired) electrons. The van der Waals surface area contributed by atoms with Gasteiger partial charge in [0.2, 0.25) is 0 Å². The summed E-state index contributed by atoms with van der Waals surface area (Å²) < 4.78 is 0. The Morgan fingerprint density at radius 1 is 1.38 bits per heavy atom. The highest BCUT2D eigenvalue weighted by Crippen LogP contribution is 2.24. The van der Waals surface area contributed by atoms with Gasteiger partial charge in [-0.15, -0.1) is 0 Å². The minimum absolute atomic E-state index is 0.696. The highest BCUT2D eigenvalue weighted by Gasteiger charge is 2.05. The molecule has 0 aliphatic heterocycles. The number of nitrogens with zero attached hydrogens (tertiary/aromatic N) is 1. The molecule has 3 heteroatoms. The SMILES string of the molecule is Cc1cc(CCCN)nc2c(Cl)cccc12. The van der Waals surface area contributed by atoms with Crippen molar-refractivity contribution in [1.29, 1.82) is 0 Å². The Bertz CT molecular complexity index is 509. The van der Waals surface area contributed by atoms with E-state index in [1.54, 1.807) is 0 Å². The minimum atomic E-state index is 0.696. The van der Waals surface area contributed by atoms with Crippen molar-refractivity contribution in [3.05, 3.63) is 40.5 Å². The number of fused-ring (bicyclic) bond motifs is 1. The molecule has 2 aromatic rings. The van der Waals surface area contributed by atoms with Gasteiger partial charge in [-0.05, 0) is 44.0 Å². The Labute approximate surface area is 100 Å². The van der Waals surface area contributed by atoms with Gasteiger partial charge in [-0.2, -0.15) is 0 Å². The van der Waals surface area contributed by atoms with Crippen molar-refractivity contribution in [3.63, 3.8) is 0 Å². The minimum Gasteiger partial charge on any atom is -0.330 e. The fraction of sp³-hybridized carbons (Fsp3) is 0.308. The number of halogens is 1. The lowest BCUT2D eigenvalue weighted by atomic mass is 10.1. The Kier molecular flexibility index (Phi) is 3.42. The Hall–Kier alpha value is -1.12. The van der Waals surface area contributed by atoms with Gasteiger partial charge in [0.15, 0.2) is 0 Å². The summed E-state index contributed by atoms with van der Waals surface area (Å²) in [5.74, 6) is 0. The molecule has 16 heavy (non-hydrogen) atoms. The van der Waals surface area contributed by atoms with E-state index in [4.69, 9.17) is 17.3 Å². The van der Waals surface area contributed by atoms with E-state index in [0.717, 1.165) is 34.5 Å². The molecule has 0 fully saturated rings. The van der Waals surface area contributed by atoms with Crippen LogP contribution in [0.5, 0.6) is 0 Å². The first-order valence-corrected chi connectivity index (χ1v) is 5.85. The van der Waals surface area contributed by atoms with Crippen molar-refractivity contribution in [2.75, 3.05) is 6.54 Å². The monoisotopic (exact) mass is 234 g/mol. The summed E-state index contributed by atoms with van der Waals surface area (Å²) in [7, 11) is 0. The van der Waals surface area contributed by atoms with Crippen molar-refractivity contribution in [2.24, 2.45) is 5.73 Å². The predicted octanol–water partition coefficient (Wildman–Crippen LogP) is 3.09. The second-order valence-electron chi connectivity index (χ2n) is 3.96. The summed E-state index contributed by atoms with van der Waals surface area (Å²) >= 11 is 6.15. The van der Waals surface area contributed by atoms with Crippen LogP contribution in [0.3, 0.4) is 0 Å². The average Bonchev–Trinajstić information content (AvgIpc) is 2.28. The van der Waals surface area contributed by atoms with Crippen LogP contribution in [0, 0.1) is 6.92 Å². The second-order valence-corrected chi connectivity index (χ2v) is 4.37. The Morgan fingerprint density at radius 2 is 2.19 bits per heavy atom. The quantitative estimate of drug-likeness (QED) is 0.887. The summed E-state index contributed by atoms with van der Waals surface area (Å²) in [6, 6.07) is 8.01. The molecule has 0 bridgehead atoms. The average molecular weight is 235 g/mol. The van der Waals surface area contributed by atoms with Crippen molar-refractivity contribution in [3.8, 4) is 0 Å². The lowest BCUT2D eigenvalue weighted by Gasteiger charge is -2.07. The van der Waals surface area contributed by atoms with Crippen molar-refractivity contribution < 1.29 is 0 Å². The van der Waals surface area contributed by atoms with Crippen LogP contribution >= 0.6 is 11.6 Å². The van der Waals surface area contributed by atoms with Crippen molar-refractivity contribution in [2.45, 2.75) is 19.8 Å². The van der Waals surface area contributed by atoms with Crippen LogP contribution in [0.25, 0.3) is 10.9 Å². The van der Waals surface area contributed by atoms with E-state index < -0.39 is 0 Å². The van der Waals surface area contributed by atoms with Gasteiger partial charge in [0.1, 0.15) is 0 Å². The highest BCUT2D eigenvalue weighted by molar-refractivity contribution is 6.35. The number of nitrogens with two attached hydrogens (primary N) is 1. The molecule has 0 atom stereocenters. The number of aromatic nitrogens is 1. The van der Waals surface area contributed by atoms with E-state index in [-0.39, 0.29) is 0 Å². The molecule has 0 aliphatic carbocycles. The molecule has 0 aliphatic rings. The number of pyridine rings is 1. The van der Waals surface area contributed by atoms with E-state index in [9.17, 15) is 0 Å². The van der Waals surface area contributed by atoms with Gasteiger partial charge in [0.05, 0.1) is 10.5 Å². The summed E-state index contributed by atoms with van der Waals surface area (Å²) in [5.41, 5.74) is 8.70. The fourth-order valence-electron chi connectivity index (χ4n) is 1.86. The molecule has 0 unspecified atom stereocenters. The zero-order chi connectivity index (χ0) is 11.5. The molecule has 1 aromatic heterocycles. The van der Waals surface area contributed by atoms with Crippen LogP contribution in [-0.4, -0.2) is 11.5 Å². The predicted molar refractivity (Wildman–Crippen MR) is 68.9 cm³/mol. The summed E-state index contributed by atoms with van der Waals surface area (Å²) in [6.07, 6.45) is 1.88. The van der Waals surface area contributed by atoms with E-state index in [1.165, 1.54) is 5.56 Å². The molecule has 0 amide bonds. The van der Waals surface area contributed by atoms with Gasteiger partial charge in [-0.25, -0.2) is 0 Å². The second kappa shape index (κ2) is 4.81. The number of aryl methyl sites for hydroxylation is 2. The molecule has 2 nitrogen and oxygen atoms in total. The van der Waals surface area contributed by atoms with Crippen LogP contribution in [-0.2, 0) is 6.42 Å². The van der Waals surface area contributed by atoms with Gasteiger partial charge in [0.25, 0.3) is 0 Å². The van der Waals surface area contributed by atoms with Crippen molar-refractivity contribution in [1.82, 2.24) is 4.98 Å². The number of benzene rings is 1. The van der Waals surface area contributed by atoms with Gasteiger partial charge >= 0.3 is 0 Å². The summed E-state index contributed by atoms with van der Waals surface area (Å²) in [4.78, 5) is 4.59. The number of para-hydroxylation sites is 1. The number of hydrogen-bond donors (Lipinski definition) is 1. The zero-order valence-electron chi connectivity index (χ0n) is 9.33. The molecule has 0 saturated heterocycles. The summed E-state index contributed by atoms with van der Waals surface area (Å²) in [5, 5.41) is 1.85. The molecule has 1 heterocycles.